The maximum Gasteiger partial charge on any atom is 0.220 e. The molecule has 17 atom stereocenters. The maximum absolute atomic E-state index is 13.4. The molecule has 17 unspecified atom stereocenters. The average molecular weight is 1250 g/mol. The zero-order valence-electron chi connectivity index (χ0n) is 54.3. The summed E-state index contributed by atoms with van der Waals surface area (Å²) in [5, 5.41) is 120. The molecule has 12 N–H and O–H groups in total. The van der Waals surface area contributed by atoms with Gasteiger partial charge in [-0.15, -0.1) is 0 Å². The quantitative estimate of drug-likeness (QED) is 0.0199. The van der Waals surface area contributed by atoms with Crippen LogP contribution in [0.25, 0.3) is 0 Å². The predicted molar refractivity (Wildman–Crippen MR) is 337 cm³/mol. The molecule has 3 saturated heterocycles. The number of carbonyl (C=O) groups is 1. The van der Waals surface area contributed by atoms with Gasteiger partial charge in [-0.2, -0.15) is 0 Å². The fraction of sp³-hybridized carbons (Fsp3) is 0.956. The van der Waals surface area contributed by atoms with E-state index in [0.717, 1.165) is 44.9 Å². The van der Waals surface area contributed by atoms with E-state index in [1.165, 1.54) is 212 Å². The van der Waals surface area contributed by atoms with Crippen LogP contribution in [-0.4, -0.2) is 193 Å². The highest BCUT2D eigenvalue weighted by Crippen LogP contribution is 2.33. The SMILES string of the molecule is CCCCCCCCCC/C=C/C(O)C(COC1OC(CO)C(OC2OC(CO)C(OC3OC(CO)C(O)C(O)C3O)C(O)C2O)C(O)C1O)NC(=O)CCCCCCCCCCCCCCCCCCCCCCCCCCCCCCCCCC. The molecule has 0 radical (unpaired) electrons. The van der Waals surface area contributed by atoms with Gasteiger partial charge in [0.05, 0.1) is 38.6 Å². The number of aliphatic hydroxyl groups excluding tert-OH is 11. The van der Waals surface area contributed by atoms with Gasteiger partial charge in [0, 0.05) is 6.42 Å². The van der Waals surface area contributed by atoms with Crippen molar-refractivity contribution in [2.24, 2.45) is 0 Å². The normalized spacial score (nSPS) is 28.6. The molecule has 0 bridgehead atoms. The molecule has 3 fully saturated rings. The lowest BCUT2D eigenvalue weighted by atomic mass is 9.96. The summed E-state index contributed by atoms with van der Waals surface area (Å²) in [6.45, 7) is 1.73. The van der Waals surface area contributed by atoms with E-state index >= 15 is 0 Å². The Morgan fingerprint density at radius 3 is 1.08 bits per heavy atom. The first-order chi connectivity index (χ1) is 42.3. The van der Waals surface area contributed by atoms with Crippen LogP contribution in [0.3, 0.4) is 0 Å². The van der Waals surface area contributed by atoms with Crippen LogP contribution in [0, 0.1) is 0 Å². The first kappa shape index (κ1) is 79.8. The fourth-order valence-electron chi connectivity index (χ4n) is 12.3. The van der Waals surface area contributed by atoms with Gasteiger partial charge < -0.3 is 89.9 Å². The molecule has 0 saturated carbocycles. The van der Waals surface area contributed by atoms with E-state index in [-0.39, 0.29) is 18.9 Å². The third-order valence-electron chi connectivity index (χ3n) is 18.1. The Bertz CT molecular complexity index is 1630. The molecule has 0 aromatic heterocycles. The summed E-state index contributed by atoms with van der Waals surface area (Å²) in [5.41, 5.74) is 0. The lowest BCUT2D eigenvalue weighted by Gasteiger charge is -2.48. The van der Waals surface area contributed by atoms with Crippen molar-refractivity contribution in [2.75, 3.05) is 26.4 Å². The van der Waals surface area contributed by atoms with Crippen molar-refractivity contribution < 1.29 is 89.4 Å². The highest BCUT2D eigenvalue weighted by Gasteiger charge is 2.53. The van der Waals surface area contributed by atoms with Crippen molar-refractivity contribution in [1.29, 1.82) is 0 Å². The van der Waals surface area contributed by atoms with Crippen molar-refractivity contribution in [2.45, 2.75) is 388 Å². The summed E-state index contributed by atoms with van der Waals surface area (Å²) in [7, 11) is 0. The molecule has 3 aliphatic rings. The van der Waals surface area contributed by atoms with Crippen LogP contribution >= 0.6 is 0 Å². The first-order valence-electron chi connectivity index (χ1n) is 35.4. The molecule has 0 spiro atoms. The molecule has 3 heterocycles. The summed E-state index contributed by atoms with van der Waals surface area (Å²) < 4.78 is 34.3. The number of carbonyl (C=O) groups excluding carboxylic acids is 1. The topological polar surface area (TPSA) is 307 Å². The van der Waals surface area contributed by atoms with Crippen LogP contribution in [-0.2, 0) is 33.2 Å². The van der Waals surface area contributed by atoms with Gasteiger partial charge in [0.25, 0.3) is 0 Å². The molecule has 0 aromatic rings. The number of aliphatic hydroxyl groups is 11. The monoisotopic (exact) mass is 1250 g/mol. The lowest BCUT2D eigenvalue weighted by molar-refractivity contribution is -0.379. The van der Waals surface area contributed by atoms with E-state index in [2.05, 4.69) is 19.2 Å². The molecule has 19 nitrogen and oxygen atoms in total. The van der Waals surface area contributed by atoms with E-state index in [9.17, 15) is 61.0 Å². The van der Waals surface area contributed by atoms with Crippen molar-refractivity contribution in [3.63, 3.8) is 0 Å². The lowest BCUT2D eigenvalue weighted by Crippen LogP contribution is -2.66. The van der Waals surface area contributed by atoms with Gasteiger partial charge in [-0.25, -0.2) is 0 Å². The standard InChI is InChI=1S/C68H129NO18/c1-3-5-7-9-11-13-15-16-17-18-19-20-21-22-23-24-25-26-27-28-29-30-31-32-33-34-35-36-38-40-42-44-46-56(74)69-51(52(73)45-43-41-39-37-14-12-10-8-6-4-2)50-82-66-62(80)59(77)64(54(48-71)84-66)87-68-63(81)60(78)65(55(49-72)85-68)86-67-61(79)58(76)57(75)53(47-70)83-67/h43,45,51-55,57-68,70-73,75-81H,3-42,44,46-50H2,1-2H3,(H,69,74)/b45-43+. The molecule has 87 heavy (non-hydrogen) atoms. The number of hydrogen-bond donors (Lipinski definition) is 12. The number of allylic oxidation sites excluding steroid dienone is 1. The first-order valence-corrected chi connectivity index (χ1v) is 35.4. The minimum atomic E-state index is -1.97. The van der Waals surface area contributed by atoms with Crippen LogP contribution < -0.4 is 5.32 Å². The molecule has 19 heteroatoms. The summed E-state index contributed by atoms with van der Waals surface area (Å²) in [4.78, 5) is 13.4. The highest BCUT2D eigenvalue weighted by atomic mass is 16.8. The van der Waals surface area contributed by atoms with Crippen LogP contribution in [0.1, 0.15) is 284 Å². The maximum atomic E-state index is 13.4. The van der Waals surface area contributed by atoms with Crippen LogP contribution in [0.5, 0.6) is 0 Å². The fourth-order valence-corrected chi connectivity index (χ4v) is 12.3. The molecule has 3 aliphatic heterocycles. The number of amides is 1. The van der Waals surface area contributed by atoms with E-state index in [4.69, 9.17) is 28.4 Å². The van der Waals surface area contributed by atoms with Crippen molar-refractivity contribution in [3.8, 4) is 0 Å². The molecule has 0 aliphatic carbocycles. The van der Waals surface area contributed by atoms with Crippen LogP contribution in [0.15, 0.2) is 12.2 Å². The smallest absolute Gasteiger partial charge is 0.220 e. The Kier molecular flexibility index (Phi) is 46.8. The van der Waals surface area contributed by atoms with E-state index in [1.54, 1.807) is 6.08 Å². The van der Waals surface area contributed by atoms with Crippen molar-refractivity contribution in [3.05, 3.63) is 12.2 Å². The largest absolute Gasteiger partial charge is 0.394 e. The molecule has 3 rings (SSSR count). The van der Waals surface area contributed by atoms with E-state index in [1.807, 2.05) is 6.08 Å². The van der Waals surface area contributed by atoms with Crippen LogP contribution in [0.2, 0.25) is 0 Å². The Morgan fingerprint density at radius 2 is 0.713 bits per heavy atom. The molecule has 0 aromatic carbocycles. The Hall–Kier alpha value is -1.47. The summed E-state index contributed by atoms with van der Waals surface area (Å²) in [5.74, 6) is -0.271. The summed E-state index contributed by atoms with van der Waals surface area (Å²) in [6.07, 6.45) is 29.5. The zero-order valence-corrected chi connectivity index (χ0v) is 54.3. The minimum Gasteiger partial charge on any atom is -0.394 e. The molecule has 514 valence electrons. The molecular formula is C68H129NO18. The minimum absolute atomic E-state index is 0.249. The number of hydrogen-bond acceptors (Lipinski definition) is 18. The third kappa shape index (κ3) is 33.3. The van der Waals surface area contributed by atoms with Gasteiger partial charge >= 0.3 is 0 Å². The van der Waals surface area contributed by atoms with Crippen LogP contribution in [0.4, 0.5) is 0 Å². The van der Waals surface area contributed by atoms with Gasteiger partial charge in [-0.1, -0.05) is 270 Å². The van der Waals surface area contributed by atoms with Gasteiger partial charge in [-0.05, 0) is 19.3 Å². The third-order valence-corrected chi connectivity index (χ3v) is 18.1. The van der Waals surface area contributed by atoms with Gasteiger partial charge in [0.2, 0.25) is 5.91 Å². The van der Waals surface area contributed by atoms with Gasteiger partial charge in [-0.3, -0.25) is 4.79 Å². The second-order valence-electron chi connectivity index (χ2n) is 25.7. The number of nitrogens with one attached hydrogen (secondary N) is 1. The Labute approximate surface area is 525 Å². The second kappa shape index (κ2) is 51.0. The second-order valence-corrected chi connectivity index (χ2v) is 25.7. The molecular weight excluding hydrogens is 1120 g/mol. The number of rotatable bonds is 55. The van der Waals surface area contributed by atoms with Gasteiger partial charge in [0.15, 0.2) is 18.9 Å². The van der Waals surface area contributed by atoms with Crippen molar-refractivity contribution >= 4 is 5.91 Å². The number of unbranched alkanes of at least 4 members (excludes halogenated alkanes) is 39. The zero-order chi connectivity index (χ0) is 63.3. The van der Waals surface area contributed by atoms with E-state index < -0.39 is 124 Å². The molecule has 1 amide bonds. The highest BCUT2D eigenvalue weighted by molar-refractivity contribution is 5.76. The van der Waals surface area contributed by atoms with E-state index in [0.29, 0.717) is 6.42 Å². The van der Waals surface area contributed by atoms with Gasteiger partial charge in [0.1, 0.15) is 73.2 Å². The average Bonchev–Trinajstić information content (AvgIpc) is 1.52. The number of ether oxygens (including phenoxy) is 6. The predicted octanol–water partition coefficient (Wildman–Crippen LogP) is 9.28. The Morgan fingerprint density at radius 1 is 0.402 bits per heavy atom. The van der Waals surface area contributed by atoms with Crippen molar-refractivity contribution in [1.82, 2.24) is 5.32 Å². The Balaban J connectivity index is 1.32. The summed E-state index contributed by atoms with van der Waals surface area (Å²) in [6, 6.07) is -0.967. The summed E-state index contributed by atoms with van der Waals surface area (Å²) >= 11 is 0.